The molecule has 0 radical (unpaired) electrons. The first-order valence-corrected chi connectivity index (χ1v) is 6.86. The van der Waals surface area contributed by atoms with Crippen molar-refractivity contribution >= 4 is 0 Å². The van der Waals surface area contributed by atoms with Crippen molar-refractivity contribution in [2.45, 2.75) is 50.7 Å². The van der Waals surface area contributed by atoms with E-state index in [0.717, 1.165) is 37.5 Å². The minimum absolute atomic E-state index is 0.00431. The Morgan fingerprint density at radius 3 is 2.58 bits per heavy atom. The van der Waals surface area contributed by atoms with Crippen LogP contribution in [0.4, 0.5) is 8.78 Å². The van der Waals surface area contributed by atoms with Gasteiger partial charge in [-0.05, 0) is 38.0 Å². The molecule has 0 bridgehead atoms. The summed E-state index contributed by atoms with van der Waals surface area (Å²) in [5, 5.41) is 10.5. The Balaban J connectivity index is 2.32. The second-order valence-corrected chi connectivity index (χ2v) is 5.13. The van der Waals surface area contributed by atoms with Crippen molar-refractivity contribution in [3.8, 4) is 0 Å². The van der Waals surface area contributed by atoms with Gasteiger partial charge in [-0.3, -0.25) is 0 Å². The molecule has 1 aliphatic rings. The molecule has 1 unspecified atom stereocenters. The molecule has 0 heterocycles. The maximum atomic E-state index is 13.8. The molecule has 1 aromatic rings. The molecule has 0 saturated heterocycles. The predicted octanol–water partition coefficient (Wildman–Crippen LogP) is 3.74. The third-order valence-electron chi connectivity index (χ3n) is 3.88. The summed E-state index contributed by atoms with van der Waals surface area (Å²) >= 11 is 0. The molecule has 2 nitrogen and oxygen atoms in total. The topological polar surface area (TPSA) is 29.5 Å². The molecule has 19 heavy (non-hydrogen) atoms. The van der Waals surface area contributed by atoms with E-state index < -0.39 is 23.3 Å². The highest BCUT2D eigenvalue weighted by Gasteiger charge is 2.41. The van der Waals surface area contributed by atoms with Crippen molar-refractivity contribution in [2.24, 2.45) is 0 Å². The molecule has 0 aliphatic heterocycles. The number of hydrogen-bond acceptors (Lipinski definition) is 2. The fourth-order valence-corrected chi connectivity index (χ4v) is 2.94. The predicted molar refractivity (Wildman–Crippen MR) is 68.8 cm³/mol. The number of aliphatic hydroxyl groups excluding tert-OH is 1. The lowest BCUT2D eigenvalue weighted by Crippen LogP contribution is -2.41. The number of rotatable bonds is 4. The zero-order valence-corrected chi connectivity index (χ0v) is 11.2. The zero-order chi connectivity index (χ0) is 13.9. The summed E-state index contributed by atoms with van der Waals surface area (Å²) in [6.45, 7) is 2.30. The monoisotopic (exact) mass is 270 g/mol. The minimum Gasteiger partial charge on any atom is -0.385 e. The first-order chi connectivity index (χ1) is 9.09. The number of benzene rings is 1. The van der Waals surface area contributed by atoms with E-state index in [1.54, 1.807) is 0 Å². The summed E-state index contributed by atoms with van der Waals surface area (Å²) in [5.74, 6) is -1.13. The van der Waals surface area contributed by atoms with Crippen LogP contribution in [0.3, 0.4) is 0 Å². The number of ether oxygens (including phenoxy) is 1. The Hall–Kier alpha value is -1.00. The lowest BCUT2D eigenvalue weighted by molar-refractivity contribution is -0.142. The molecular formula is C15H20F2O2. The van der Waals surface area contributed by atoms with Gasteiger partial charge in [-0.1, -0.05) is 19.3 Å². The zero-order valence-electron chi connectivity index (χ0n) is 11.2. The summed E-state index contributed by atoms with van der Waals surface area (Å²) in [7, 11) is 0. The molecule has 1 N–H and O–H groups in total. The van der Waals surface area contributed by atoms with E-state index >= 15 is 0 Å². The second-order valence-electron chi connectivity index (χ2n) is 5.13. The van der Waals surface area contributed by atoms with Gasteiger partial charge in [0, 0.05) is 12.2 Å². The maximum absolute atomic E-state index is 13.8. The summed E-state index contributed by atoms with van der Waals surface area (Å²) in [6, 6.07) is 3.17. The van der Waals surface area contributed by atoms with Crippen LogP contribution in [-0.4, -0.2) is 17.3 Å². The van der Waals surface area contributed by atoms with Crippen LogP contribution >= 0.6 is 0 Å². The Kier molecular flexibility index (Phi) is 4.53. The van der Waals surface area contributed by atoms with Crippen LogP contribution in [-0.2, 0) is 4.74 Å². The molecule has 106 valence electrons. The summed E-state index contributed by atoms with van der Waals surface area (Å²) in [6.07, 6.45) is 3.20. The smallest absolute Gasteiger partial charge is 0.129 e. The maximum Gasteiger partial charge on any atom is 0.129 e. The van der Waals surface area contributed by atoms with Gasteiger partial charge in [-0.25, -0.2) is 8.78 Å². The average molecular weight is 270 g/mol. The van der Waals surface area contributed by atoms with Crippen LogP contribution < -0.4 is 0 Å². The Morgan fingerprint density at radius 2 is 1.95 bits per heavy atom. The van der Waals surface area contributed by atoms with Crippen LogP contribution in [0.2, 0.25) is 0 Å². The van der Waals surface area contributed by atoms with Gasteiger partial charge in [0.15, 0.2) is 0 Å². The highest BCUT2D eigenvalue weighted by Crippen LogP contribution is 2.42. The third-order valence-corrected chi connectivity index (χ3v) is 3.88. The molecule has 0 spiro atoms. The lowest BCUT2D eigenvalue weighted by Gasteiger charge is -2.41. The molecule has 1 aromatic carbocycles. The molecule has 1 fully saturated rings. The molecule has 0 amide bonds. The highest BCUT2D eigenvalue weighted by atomic mass is 19.1. The van der Waals surface area contributed by atoms with E-state index in [0.29, 0.717) is 19.4 Å². The van der Waals surface area contributed by atoms with E-state index in [-0.39, 0.29) is 5.56 Å². The quantitative estimate of drug-likeness (QED) is 0.903. The highest BCUT2D eigenvalue weighted by molar-refractivity contribution is 5.24. The van der Waals surface area contributed by atoms with Crippen LogP contribution in [0.15, 0.2) is 18.2 Å². The molecule has 4 heteroatoms. The van der Waals surface area contributed by atoms with Gasteiger partial charge in [-0.2, -0.15) is 0 Å². The normalized spacial score (nSPS) is 20.2. The van der Waals surface area contributed by atoms with Gasteiger partial charge >= 0.3 is 0 Å². The van der Waals surface area contributed by atoms with E-state index in [1.807, 2.05) is 6.92 Å². The van der Waals surface area contributed by atoms with Gasteiger partial charge in [0.05, 0.1) is 5.60 Å². The second kappa shape index (κ2) is 5.97. The Morgan fingerprint density at radius 1 is 1.26 bits per heavy atom. The van der Waals surface area contributed by atoms with Gasteiger partial charge < -0.3 is 9.84 Å². The largest absolute Gasteiger partial charge is 0.385 e. The molecule has 1 atom stereocenters. The standard InChI is InChI=1S/C15H20F2O2/c1-2-19-15(8-4-3-5-9-15)14(18)12-10-11(16)6-7-13(12)17/h6-7,10,14,18H,2-5,8-9H2,1H3. The van der Waals surface area contributed by atoms with Crippen LogP contribution in [0.25, 0.3) is 0 Å². The number of aliphatic hydroxyl groups is 1. The SMILES string of the molecule is CCOC1(C(O)c2cc(F)ccc2F)CCCCC1. The van der Waals surface area contributed by atoms with E-state index in [4.69, 9.17) is 4.74 Å². The van der Waals surface area contributed by atoms with E-state index in [2.05, 4.69) is 0 Å². The summed E-state index contributed by atoms with van der Waals surface area (Å²) in [4.78, 5) is 0. The van der Waals surface area contributed by atoms with Crippen molar-refractivity contribution in [1.29, 1.82) is 0 Å². The summed E-state index contributed by atoms with van der Waals surface area (Å²) in [5.41, 5.74) is -0.780. The van der Waals surface area contributed by atoms with Crippen molar-refractivity contribution in [2.75, 3.05) is 6.61 Å². The van der Waals surface area contributed by atoms with E-state index in [1.165, 1.54) is 0 Å². The van der Waals surface area contributed by atoms with Crippen molar-refractivity contribution in [3.63, 3.8) is 0 Å². The molecule has 1 saturated carbocycles. The van der Waals surface area contributed by atoms with E-state index in [9.17, 15) is 13.9 Å². The van der Waals surface area contributed by atoms with Gasteiger partial charge in [-0.15, -0.1) is 0 Å². The van der Waals surface area contributed by atoms with Gasteiger partial charge in [0.25, 0.3) is 0 Å². The van der Waals surface area contributed by atoms with Crippen molar-refractivity contribution in [1.82, 2.24) is 0 Å². The van der Waals surface area contributed by atoms with Crippen LogP contribution in [0, 0.1) is 11.6 Å². The van der Waals surface area contributed by atoms with Crippen LogP contribution in [0.5, 0.6) is 0 Å². The first kappa shape index (κ1) is 14.4. The van der Waals surface area contributed by atoms with Crippen LogP contribution in [0.1, 0.15) is 50.7 Å². The summed E-state index contributed by atoms with van der Waals surface area (Å²) < 4.78 is 32.8. The molecule has 2 rings (SSSR count). The molecule has 1 aliphatic carbocycles. The lowest BCUT2D eigenvalue weighted by atomic mass is 9.78. The average Bonchev–Trinajstić information content (AvgIpc) is 2.42. The first-order valence-electron chi connectivity index (χ1n) is 6.86. The number of halogens is 2. The Labute approximate surface area is 112 Å². The molecule has 0 aromatic heterocycles. The Bertz CT molecular complexity index is 423. The minimum atomic E-state index is -1.12. The van der Waals surface area contributed by atoms with Gasteiger partial charge in [0.1, 0.15) is 17.7 Å². The third kappa shape index (κ3) is 2.95. The number of hydrogen-bond donors (Lipinski definition) is 1. The fourth-order valence-electron chi connectivity index (χ4n) is 2.94. The molecular weight excluding hydrogens is 250 g/mol. The van der Waals surface area contributed by atoms with Crippen molar-refractivity contribution < 1.29 is 18.6 Å². The fraction of sp³-hybridized carbons (Fsp3) is 0.600. The van der Waals surface area contributed by atoms with Crippen molar-refractivity contribution in [3.05, 3.63) is 35.4 Å². The van der Waals surface area contributed by atoms with Gasteiger partial charge in [0.2, 0.25) is 0 Å².